The lowest BCUT2D eigenvalue weighted by Crippen LogP contribution is -2.16. The summed E-state index contributed by atoms with van der Waals surface area (Å²) in [6.45, 7) is 0.540. The van der Waals surface area contributed by atoms with E-state index in [1.807, 2.05) is 12.1 Å². The van der Waals surface area contributed by atoms with Gasteiger partial charge in [0.2, 0.25) is 0 Å². The first-order chi connectivity index (χ1) is 6.15. The Bertz CT molecular complexity index is 293. The molecule has 0 amide bonds. The highest BCUT2D eigenvalue weighted by atomic mass is 127. The van der Waals surface area contributed by atoms with Gasteiger partial charge in [0.15, 0.2) is 0 Å². The summed E-state index contributed by atoms with van der Waals surface area (Å²) in [5.74, 6) is 0. The maximum Gasteiger partial charge on any atom is 0.0655 e. The predicted octanol–water partition coefficient (Wildman–Crippen LogP) is 2.70. The third kappa shape index (κ3) is 3.19. The Labute approximate surface area is 100 Å². The standard InChI is InChI=1S/C9H11BrINO/c1-13-5-9(12)7-4-6(11)2-3-8(7)10/h2-4,9H,5,12H2,1H3. The number of benzene rings is 1. The van der Waals surface area contributed by atoms with Crippen LogP contribution in [0.4, 0.5) is 0 Å². The van der Waals surface area contributed by atoms with E-state index in [0.29, 0.717) is 6.61 Å². The monoisotopic (exact) mass is 355 g/mol. The largest absolute Gasteiger partial charge is 0.383 e. The van der Waals surface area contributed by atoms with Crippen molar-refractivity contribution in [1.82, 2.24) is 0 Å². The van der Waals surface area contributed by atoms with Crippen LogP contribution in [0.5, 0.6) is 0 Å². The molecule has 1 rings (SSSR count). The molecular weight excluding hydrogens is 345 g/mol. The second kappa shape index (κ2) is 5.29. The fourth-order valence-electron chi connectivity index (χ4n) is 1.07. The van der Waals surface area contributed by atoms with Crippen LogP contribution in [0.1, 0.15) is 11.6 Å². The SMILES string of the molecule is COCC(N)c1cc(I)ccc1Br. The molecule has 0 bridgehead atoms. The van der Waals surface area contributed by atoms with E-state index in [1.165, 1.54) is 3.57 Å². The minimum absolute atomic E-state index is 0.0610. The quantitative estimate of drug-likeness (QED) is 0.846. The van der Waals surface area contributed by atoms with Gasteiger partial charge in [0, 0.05) is 15.2 Å². The highest BCUT2D eigenvalue weighted by Crippen LogP contribution is 2.24. The molecule has 0 aliphatic heterocycles. The van der Waals surface area contributed by atoms with E-state index >= 15 is 0 Å². The normalized spacial score (nSPS) is 12.9. The van der Waals surface area contributed by atoms with E-state index in [4.69, 9.17) is 10.5 Å². The molecule has 0 aromatic heterocycles. The average Bonchev–Trinajstić information content (AvgIpc) is 2.09. The summed E-state index contributed by atoms with van der Waals surface area (Å²) in [6, 6.07) is 6.04. The van der Waals surface area contributed by atoms with E-state index in [9.17, 15) is 0 Å². The zero-order valence-corrected chi connectivity index (χ0v) is 11.0. The molecule has 0 radical (unpaired) electrons. The van der Waals surface area contributed by atoms with Crippen LogP contribution in [0.25, 0.3) is 0 Å². The van der Waals surface area contributed by atoms with E-state index in [-0.39, 0.29) is 6.04 Å². The van der Waals surface area contributed by atoms with Crippen LogP contribution >= 0.6 is 38.5 Å². The summed E-state index contributed by atoms with van der Waals surface area (Å²) >= 11 is 5.73. The Morgan fingerprint density at radius 1 is 1.62 bits per heavy atom. The molecule has 1 aromatic carbocycles. The summed E-state index contributed by atoms with van der Waals surface area (Å²) in [5.41, 5.74) is 7.01. The Kier molecular flexibility index (Phi) is 4.64. The van der Waals surface area contributed by atoms with E-state index < -0.39 is 0 Å². The van der Waals surface area contributed by atoms with Gasteiger partial charge in [0.05, 0.1) is 12.6 Å². The van der Waals surface area contributed by atoms with Gasteiger partial charge >= 0.3 is 0 Å². The van der Waals surface area contributed by atoms with Gasteiger partial charge in [-0.3, -0.25) is 0 Å². The Hall–Kier alpha value is 0.350. The van der Waals surface area contributed by atoms with Crippen molar-refractivity contribution >= 4 is 38.5 Å². The molecule has 0 heterocycles. The van der Waals surface area contributed by atoms with Gasteiger partial charge < -0.3 is 10.5 Å². The highest BCUT2D eigenvalue weighted by Gasteiger charge is 2.09. The van der Waals surface area contributed by atoms with Crippen molar-refractivity contribution in [2.75, 3.05) is 13.7 Å². The molecule has 1 unspecified atom stereocenters. The van der Waals surface area contributed by atoms with Gasteiger partial charge in [-0.1, -0.05) is 15.9 Å². The third-order valence-corrected chi connectivity index (χ3v) is 3.10. The lowest BCUT2D eigenvalue weighted by molar-refractivity contribution is 0.180. The van der Waals surface area contributed by atoms with Crippen molar-refractivity contribution in [1.29, 1.82) is 0 Å². The van der Waals surface area contributed by atoms with Crippen molar-refractivity contribution in [3.05, 3.63) is 31.8 Å². The first kappa shape index (κ1) is 11.4. The lowest BCUT2D eigenvalue weighted by Gasteiger charge is -2.12. The van der Waals surface area contributed by atoms with E-state index in [2.05, 4.69) is 44.6 Å². The van der Waals surface area contributed by atoms with Crippen molar-refractivity contribution < 1.29 is 4.74 Å². The van der Waals surface area contributed by atoms with Crippen molar-refractivity contribution in [2.45, 2.75) is 6.04 Å². The molecule has 1 atom stereocenters. The molecule has 72 valence electrons. The number of methoxy groups -OCH3 is 1. The third-order valence-electron chi connectivity index (χ3n) is 1.70. The molecule has 0 fully saturated rings. The Morgan fingerprint density at radius 3 is 2.92 bits per heavy atom. The van der Waals surface area contributed by atoms with E-state index in [0.717, 1.165) is 10.0 Å². The van der Waals surface area contributed by atoms with Crippen LogP contribution in [0.3, 0.4) is 0 Å². The van der Waals surface area contributed by atoms with Gasteiger partial charge in [-0.25, -0.2) is 0 Å². The van der Waals surface area contributed by atoms with Crippen LogP contribution in [0, 0.1) is 3.57 Å². The second-order valence-corrected chi connectivity index (χ2v) is 4.83. The molecule has 1 aromatic rings. The topological polar surface area (TPSA) is 35.2 Å². The zero-order valence-electron chi connectivity index (χ0n) is 7.26. The maximum absolute atomic E-state index is 5.92. The Balaban J connectivity index is 2.91. The molecule has 0 aliphatic rings. The number of rotatable bonds is 3. The van der Waals surface area contributed by atoms with Crippen molar-refractivity contribution in [3.63, 3.8) is 0 Å². The van der Waals surface area contributed by atoms with Gasteiger partial charge in [-0.2, -0.15) is 0 Å². The van der Waals surface area contributed by atoms with Crippen molar-refractivity contribution in [2.24, 2.45) is 5.73 Å². The molecule has 13 heavy (non-hydrogen) atoms. The molecule has 4 heteroatoms. The molecular formula is C9H11BrINO. The van der Waals surface area contributed by atoms with Gasteiger partial charge in [0.1, 0.15) is 0 Å². The highest BCUT2D eigenvalue weighted by molar-refractivity contribution is 14.1. The van der Waals surface area contributed by atoms with Gasteiger partial charge in [0.25, 0.3) is 0 Å². The summed E-state index contributed by atoms with van der Waals surface area (Å²) in [7, 11) is 1.65. The number of hydrogen-bond donors (Lipinski definition) is 1. The number of nitrogens with two attached hydrogens (primary N) is 1. The summed E-state index contributed by atoms with van der Waals surface area (Å²) in [6.07, 6.45) is 0. The fraction of sp³-hybridized carbons (Fsp3) is 0.333. The van der Waals surface area contributed by atoms with Crippen LogP contribution in [-0.4, -0.2) is 13.7 Å². The van der Waals surface area contributed by atoms with E-state index in [1.54, 1.807) is 7.11 Å². The number of hydrogen-bond acceptors (Lipinski definition) is 2. The average molecular weight is 356 g/mol. The maximum atomic E-state index is 5.92. The first-order valence-corrected chi connectivity index (χ1v) is 5.71. The predicted molar refractivity (Wildman–Crippen MR) is 65.7 cm³/mol. The lowest BCUT2D eigenvalue weighted by atomic mass is 10.1. The smallest absolute Gasteiger partial charge is 0.0655 e. The van der Waals surface area contributed by atoms with Gasteiger partial charge in [-0.05, 0) is 46.4 Å². The Morgan fingerprint density at radius 2 is 2.31 bits per heavy atom. The summed E-state index contributed by atoms with van der Waals surface area (Å²) in [4.78, 5) is 0. The fourth-order valence-corrected chi connectivity index (χ4v) is 2.12. The van der Waals surface area contributed by atoms with Crippen LogP contribution in [0.15, 0.2) is 22.7 Å². The number of ether oxygens (including phenoxy) is 1. The number of halogens is 2. The molecule has 0 aliphatic carbocycles. The van der Waals surface area contributed by atoms with Crippen LogP contribution in [0.2, 0.25) is 0 Å². The minimum Gasteiger partial charge on any atom is -0.383 e. The second-order valence-electron chi connectivity index (χ2n) is 2.73. The molecule has 0 saturated carbocycles. The molecule has 2 N–H and O–H groups in total. The molecule has 0 spiro atoms. The molecule has 2 nitrogen and oxygen atoms in total. The summed E-state index contributed by atoms with van der Waals surface area (Å²) < 4.78 is 7.23. The van der Waals surface area contributed by atoms with Crippen LogP contribution < -0.4 is 5.73 Å². The van der Waals surface area contributed by atoms with Crippen molar-refractivity contribution in [3.8, 4) is 0 Å². The zero-order chi connectivity index (χ0) is 9.84. The minimum atomic E-state index is -0.0610. The first-order valence-electron chi connectivity index (χ1n) is 3.84. The summed E-state index contributed by atoms with van der Waals surface area (Å²) in [5, 5.41) is 0. The van der Waals surface area contributed by atoms with Crippen LogP contribution in [-0.2, 0) is 4.74 Å². The molecule has 0 saturated heterocycles. The van der Waals surface area contributed by atoms with Gasteiger partial charge in [-0.15, -0.1) is 0 Å².